The van der Waals surface area contributed by atoms with Gasteiger partial charge in [-0.1, -0.05) is 79.1 Å². The minimum atomic E-state index is -3.34. The van der Waals surface area contributed by atoms with Crippen molar-refractivity contribution in [3.8, 4) is 39.0 Å². The Balaban J connectivity index is 0.000000307. The van der Waals surface area contributed by atoms with Crippen LogP contribution in [0.3, 0.4) is 0 Å². The number of hydrazine groups is 1. The van der Waals surface area contributed by atoms with Crippen molar-refractivity contribution in [2.24, 2.45) is 11.6 Å². The predicted molar refractivity (Wildman–Crippen MR) is 376 cm³/mol. The first-order chi connectivity index (χ1) is 45.4. The Labute approximate surface area is 642 Å². The zero-order valence-corrected chi connectivity index (χ0v) is 62.2. The summed E-state index contributed by atoms with van der Waals surface area (Å²) >= 11 is 16.3. The van der Waals surface area contributed by atoms with Crippen LogP contribution in [0, 0.1) is 15.0 Å². The summed E-state index contributed by atoms with van der Waals surface area (Å²) in [5.41, 5.74) is 19.2. The molecule has 3 aromatic carbocycles. The number of carboxylic acid groups (broad SMARTS) is 1. The number of hydrogen-bond donors (Lipinski definition) is 10. The van der Waals surface area contributed by atoms with E-state index in [0.717, 1.165) is 52.7 Å². The van der Waals surface area contributed by atoms with Gasteiger partial charge in [0, 0.05) is 113 Å². The molecule has 0 saturated carbocycles. The number of methoxy groups -OCH3 is 2. The van der Waals surface area contributed by atoms with E-state index in [1.807, 2.05) is 35.8 Å². The maximum absolute atomic E-state index is 12.2. The van der Waals surface area contributed by atoms with Gasteiger partial charge in [-0.25, -0.2) is 54.1 Å². The predicted octanol–water partition coefficient (Wildman–Crippen LogP) is 5.21. The molecule has 0 bridgehead atoms. The molecule has 45 heteroatoms. The number of nitriles is 1. The van der Waals surface area contributed by atoms with Gasteiger partial charge in [-0.3, -0.25) is 30.0 Å². The van der Waals surface area contributed by atoms with Gasteiger partial charge < -0.3 is 36.8 Å². The molecule has 0 aliphatic heterocycles. The molecular formula is C53H54IN29O7S6Y2. The first-order valence-corrected chi connectivity index (χ1v) is 32.0. The van der Waals surface area contributed by atoms with E-state index < -0.39 is 16.0 Å². The number of amides is 1. The van der Waals surface area contributed by atoms with Gasteiger partial charge in [0.1, 0.15) is 74.7 Å². The van der Waals surface area contributed by atoms with E-state index in [9.17, 15) is 18.0 Å². The molecule has 98 heavy (non-hydrogen) atoms. The van der Waals surface area contributed by atoms with Crippen LogP contribution in [0.25, 0.3) is 76.6 Å². The quantitative estimate of drug-likeness (QED) is 0.0363. The number of aromatic nitrogens is 23. The van der Waals surface area contributed by atoms with Crippen molar-refractivity contribution in [3.63, 3.8) is 0 Å². The normalized spacial score (nSPS) is 9.84. The van der Waals surface area contributed by atoms with Crippen molar-refractivity contribution in [2.75, 3.05) is 31.5 Å². The molecule has 0 spiro atoms. The van der Waals surface area contributed by atoms with Crippen LogP contribution in [-0.2, 0) is 120 Å². The summed E-state index contributed by atoms with van der Waals surface area (Å²) in [6.07, 6.45) is 13.7. The first-order valence-electron chi connectivity index (χ1n) is 25.7. The second kappa shape index (κ2) is 42.1. The van der Waals surface area contributed by atoms with Gasteiger partial charge in [0.2, 0.25) is 16.2 Å². The number of thiocarbonyl (C=S) groups is 1. The second-order valence-corrected chi connectivity index (χ2v) is 22.9. The number of carbonyl (C=O) groups is 2. The number of nitrogens with two attached hydrogens (primary N) is 3. The van der Waals surface area contributed by atoms with E-state index in [1.54, 1.807) is 87.5 Å². The first kappa shape index (κ1) is 83.4. The van der Waals surface area contributed by atoms with Crippen LogP contribution < -0.4 is 37.5 Å². The Morgan fingerprint density at radius 2 is 1.15 bits per heavy atom. The fourth-order valence-corrected chi connectivity index (χ4v) is 9.87. The van der Waals surface area contributed by atoms with Gasteiger partial charge in [0.25, 0.3) is 10.0 Å². The molecule has 14 rings (SSSR count). The molecule has 1 amide bonds. The fourth-order valence-electron chi connectivity index (χ4n) is 7.30. The van der Waals surface area contributed by atoms with Crippen molar-refractivity contribution in [2.45, 2.75) is 27.7 Å². The van der Waals surface area contributed by atoms with Gasteiger partial charge in [-0.05, 0) is 82.3 Å². The van der Waals surface area contributed by atoms with Crippen LogP contribution in [0.1, 0.15) is 31.7 Å². The number of nitrogens with one attached hydrogen (secondary N) is 6. The number of fused-ring (bicyclic) bond motifs is 5. The third-order valence-electron chi connectivity index (χ3n) is 11.3. The van der Waals surface area contributed by atoms with E-state index in [0.29, 0.717) is 76.5 Å². The Morgan fingerprint density at radius 1 is 0.684 bits per heavy atom. The number of carboxylic acids is 1. The Kier molecular flexibility index (Phi) is 35.8. The standard InChI is InChI=1S/C16H13N7O2S.C9H10O3.C7H5N7S.C7H7N3O2S.C6H3N5.C5H3IN4.CH5N3S.2CH4.S2.2Y/c1-25-10-4-2-3-9(5-10)6-12(24)19-16-23-22-15(26-16)13-11-7-17-8-18-14(11)21-20-13;1-12-8-4-2-3-7(5-8)6-9(10)11;8-7-14-13-6(15-7)4-3-1-9-2-10-5(3)12-11-4;1-13(11,12)10-7-5-3-2-4-6(7)8-9-10;7-1-5-4-2-8-3-9-6(4)11-10-5;6-4-3-1-7-2-8-5(3)10-9-4;2-1(5)4-3;;;1-2;;/h2-5,7-8H,6H2,1H3,(H,19,23,24)(H,17,18,20,21);2-5H,6H2,1H3,(H,10,11);1-2H,(H2,8,14)(H,9,10,11,12);2-5H,1H3;2-3H,(H,8,9,10,11);1-2H,(H,7,8,9,10);3H2,(H3,2,4,5);2*1H4;;;. The summed E-state index contributed by atoms with van der Waals surface area (Å²) in [5, 5.41) is 75.2. The van der Waals surface area contributed by atoms with E-state index in [4.69, 9.17) is 31.3 Å². The number of anilines is 2. The number of hydrogen-bond acceptors (Lipinski definition) is 32. The van der Waals surface area contributed by atoms with Crippen LogP contribution in [-0.4, -0.2) is 166 Å². The van der Waals surface area contributed by atoms with Gasteiger partial charge in [0.05, 0.1) is 54.9 Å². The molecule has 36 nitrogen and oxygen atoms in total. The number of carbonyl (C=O) groups excluding carboxylic acids is 1. The molecule has 0 aliphatic carbocycles. The smallest absolute Gasteiger partial charge is 0.307 e. The van der Waals surface area contributed by atoms with E-state index in [-0.39, 0.29) is 104 Å². The minimum absolute atomic E-state index is 0. The summed E-state index contributed by atoms with van der Waals surface area (Å²) in [7, 11) is -0.198. The van der Waals surface area contributed by atoms with E-state index in [2.05, 4.69) is 180 Å². The van der Waals surface area contributed by atoms with Gasteiger partial charge >= 0.3 is 5.97 Å². The second-order valence-electron chi connectivity index (χ2n) is 17.5. The summed E-state index contributed by atoms with van der Waals surface area (Å²) in [6.45, 7) is 0. The third-order valence-corrected chi connectivity index (χ3v) is 14.8. The van der Waals surface area contributed by atoms with E-state index in [1.165, 1.54) is 48.0 Å². The molecule has 0 saturated heterocycles. The molecule has 11 aromatic heterocycles. The number of benzene rings is 3. The van der Waals surface area contributed by atoms with Crippen LogP contribution in [0.2, 0.25) is 0 Å². The number of aliphatic carboxylic acids is 1. The van der Waals surface area contributed by atoms with Crippen molar-refractivity contribution >= 4 is 172 Å². The van der Waals surface area contributed by atoms with Crippen LogP contribution in [0.4, 0.5) is 10.3 Å². The molecule has 14 aromatic rings. The molecule has 0 fully saturated rings. The van der Waals surface area contributed by atoms with Crippen LogP contribution in [0.15, 0.2) is 123 Å². The average Bonchev–Trinajstić information content (AvgIpc) is 1.76. The Bertz CT molecular complexity index is 4990. The number of nitrogen functional groups attached to an aromatic ring is 1. The summed E-state index contributed by atoms with van der Waals surface area (Å²) in [5.74, 6) is 5.04. The topological polar surface area (TPSA) is 533 Å². The van der Waals surface area contributed by atoms with Gasteiger partial charge in [-0.15, -0.1) is 29.6 Å². The number of rotatable bonds is 10. The van der Waals surface area contributed by atoms with Crippen LogP contribution in [0.5, 0.6) is 11.5 Å². The van der Waals surface area contributed by atoms with Crippen LogP contribution >= 0.6 is 57.5 Å². The third kappa shape index (κ3) is 24.3. The largest absolute Gasteiger partial charge is 0.497 e. The molecule has 502 valence electrons. The van der Waals surface area contributed by atoms with Gasteiger partial charge in [0.15, 0.2) is 37.7 Å². The minimum Gasteiger partial charge on any atom is -0.497 e. The monoisotopic (exact) mass is 1710 g/mol. The van der Waals surface area contributed by atoms with E-state index >= 15 is 0 Å². The number of para-hydroxylation sites is 1. The zero-order chi connectivity index (χ0) is 67.6. The summed E-state index contributed by atoms with van der Waals surface area (Å²) in [6, 6.07) is 23.2. The maximum atomic E-state index is 12.2. The zero-order valence-electron chi connectivity index (χ0n) is 49.5. The number of H-pyrrole nitrogens is 4. The molecule has 0 atom stereocenters. The Hall–Kier alpha value is -8.81. The van der Waals surface area contributed by atoms with Crippen molar-refractivity contribution < 1.29 is 98.0 Å². The van der Waals surface area contributed by atoms with Crippen molar-refractivity contribution in [1.29, 1.82) is 5.26 Å². The average molecular weight is 1710 g/mol. The molecule has 0 aliphatic rings. The van der Waals surface area contributed by atoms with Crippen molar-refractivity contribution in [3.05, 3.63) is 143 Å². The molecule has 11 heterocycles. The summed E-state index contributed by atoms with van der Waals surface area (Å²) in [4.78, 5) is 54.0. The number of nitrogens with zero attached hydrogens (tertiary/aromatic N) is 20. The number of halogens is 1. The number of ether oxygens (including phenoxy) is 2. The fraction of sp³-hybridized carbons (Fsp3) is 0.132. The van der Waals surface area contributed by atoms with Gasteiger partial charge in [-0.2, -0.15) is 25.7 Å². The summed E-state index contributed by atoms with van der Waals surface area (Å²) < 4.78 is 34.3. The molecule has 2 radical (unpaired) electrons. The SMILES string of the molecule is C.C.COc1cccc(CC(=O)Nc2nnc(-c3[nH]nc4ncncc34)s2)c1.COc1cccc(CC(=O)O)c1.CS(=O)(=O)n1nnc2ccccc21.Ic1[nH]nc2ncncc12.N#Cc1[nH]nc2ncncc12.NNC(N)=S.Nc1nnc(-c2[nH]nc3ncncc23)s1.S=S.[Y].[Y]. The van der Waals surface area contributed by atoms with Crippen molar-refractivity contribution in [1.82, 2.24) is 121 Å². The number of aromatic amines is 4. The molecule has 0 unspecified atom stereocenters. The molecule has 13 N–H and O–H groups in total. The maximum Gasteiger partial charge on any atom is 0.307 e. The Morgan fingerprint density at radius 3 is 1.64 bits per heavy atom. The molecular weight excluding hydrogens is 1650 g/mol.